The number of hydrogen-bond acceptors (Lipinski definition) is 5. The van der Waals surface area contributed by atoms with Gasteiger partial charge in [-0.15, -0.1) is 0 Å². The molecule has 0 bridgehead atoms. The van der Waals surface area contributed by atoms with E-state index in [2.05, 4.69) is 15.1 Å². The normalized spacial score (nSPS) is 14.2. The van der Waals surface area contributed by atoms with Gasteiger partial charge in [0.2, 0.25) is 0 Å². The lowest BCUT2D eigenvalue weighted by Gasteiger charge is -2.12. The van der Waals surface area contributed by atoms with Crippen molar-refractivity contribution in [2.75, 3.05) is 5.73 Å². The van der Waals surface area contributed by atoms with Crippen LogP contribution in [-0.2, 0) is 0 Å². The van der Waals surface area contributed by atoms with Crippen LogP contribution in [0.1, 0.15) is 40.5 Å². The number of primary amides is 1. The van der Waals surface area contributed by atoms with Gasteiger partial charge < -0.3 is 11.5 Å². The first-order valence-electron chi connectivity index (χ1n) is 7.56. The third-order valence-corrected chi connectivity index (χ3v) is 4.70. The van der Waals surface area contributed by atoms with Gasteiger partial charge in [0.15, 0.2) is 11.5 Å². The minimum atomic E-state index is -0.637. The van der Waals surface area contributed by atoms with Crippen LogP contribution >= 0.6 is 11.6 Å². The Morgan fingerprint density at radius 1 is 1.33 bits per heavy atom. The number of nitrogens with two attached hydrogens (primary N) is 2. The average Bonchev–Trinajstić information content (AvgIpc) is 3.30. The number of hydrogen-bond donors (Lipinski definition) is 2. The first-order valence-corrected chi connectivity index (χ1v) is 7.94. The molecule has 0 atom stereocenters. The Hall–Kier alpha value is -2.67. The molecule has 7 nitrogen and oxygen atoms in total. The maximum absolute atomic E-state index is 12.0. The Bertz CT molecular complexity index is 992. The molecule has 122 valence electrons. The molecule has 1 aliphatic rings. The van der Waals surface area contributed by atoms with Crippen LogP contribution in [0.3, 0.4) is 0 Å². The summed E-state index contributed by atoms with van der Waals surface area (Å²) in [6.07, 6.45) is 7.08. The second-order valence-corrected chi connectivity index (χ2v) is 6.41. The summed E-state index contributed by atoms with van der Waals surface area (Å²) in [5, 5.41) is 5.00. The minimum Gasteiger partial charge on any atom is -0.397 e. The lowest BCUT2D eigenvalue weighted by molar-refractivity contribution is 0.100. The molecule has 4 rings (SSSR count). The van der Waals surface area contributed by atoms with E-state index in [0.717, 1.165) is 29.8 Å². The van der Waals surface area contributed by atoms with Crippen LogP contribution < -0.4 is 11.5 Å². The molecule has 3 aromatic heterocycles. The zero-order valence-electron chi connectivity index (χ0n) is 13.0. The van der Waals surface area contributed by atoms with Gasteiger partial charge in [0, 0.05) is 35.6 Å². The maximum Gasteiger partial charge on any atom is 0.254 e. The monoisotopic (exact) mass is 342 g/mol. The number of amides is 1. The minimum absolute atomic E-state index is 0.172. The Balaban J connectivity index is 2.04. The molecular weight excluding hydrogens is 328 g/mol. The van der Waals surface area contributed by atoms with Crippen LogP contribution in [0.4, 0.5) is 5.69 Å². The summed E-state index contributed by atoms with van der Waals surface area (Å²) >= 11 is 6.16. The molecule has 0 aromatic carbocycles. The van der Waals surface area contributed by atoms with Crippen molar-refractivity contribution in [1.29, 1.82) is 0 Å². The van der Waals surface area contributed by atoms with E-state index in [-0.39, 0.29) is 11.3 Å². The van der Waals surface area contributed by atoms with E-state index in [9.17, 15) is 4.79 Å². The van der Waals surface area contributed by atoms with Gasteiger partial charge in [-0.1, -0.05) is 11.6 Å². The summed E-state index contributed by atoms with van der Waals surface area (Å²) in [6.45, 7) is 1.86. The summed E-state index contributed by atoms with van der Waals surface area (Å²) in [4.78, 5) is 20.6. The predicted molar refractivity (Wildman–Crippen MR) is 90.9 cm³/mol. The van der Waals surface area contributed by atoms with Crippen LogP contribution in [0.2, 0.25) is 5.02 Å². The molecule has 4 N–H and O–H groups in total. The second-order valence-electron chi connectivity index (χ2n) is 6.00. The fourth-order valence-electron chi connectivity index (χ4n) is 2.79. The fraction of sp³-hybridized carbons (Fsp3) is 0.250. The van der Waals surface area contributed by atoms with Crippen molar-refractivity contribution < 1.29 is 4.79 Å². The van der Waals surface area contributed by atoms with E-state index in [0.29, 0.717) is 22.2 Å². The van der Waals surface area contributed by atoms with Crippen LogP contribution in [0.5, 0.6) is 0 Å². The van der Waals surface area contributed by atoms with Gasteiger partial charge in [-0.25, -0.2) is 9.50 Å². The van der Waals surface area contributed by atoms with Crippen LogP contribution in [0, 0.1) is 6.92 Å². The van der Waals surface area contributed by atoms with Crippen molar-refractivity contribution in [3.05, 3.63) is 40.6 Å². The molecule has 3 aromatic rings. The molecule has 8 heteroatoms. The van der Waals surface area contributed by atoms with Gasteiger partial charge in [0.25, 0.3) is 5.91 Å². The molecule has 1 saturated carbocycles. The van der Waals surface area contributed by atoms with E-state index in [4.69, 9.17) is 23.1 Å². The molecule has 24 heavy (non-hydrogen) atoms. The first-order chi connectivity index (χ1) is 11.5. The summed E-state index contributed by atoms with van der Waals surface area (Å²) in [5.41, 5.74) is 14.8. The van der Waals surface area contributed by atoms with Crippen molar-refractivity contribution in [2.24, 2.45) is 5.73 Å². The first kappa shape index (κ1) is 14.9. The number of fused-ring (bicyclic) bond motifs is 1. The summed E-state index contributed by atoms with van der Waals surface area (Å²) in [6, 6.07) is 0. The Kier molecular flexibility index (Phi) is 3.21. The van der Waals surface area contributed by atoms with Gasteiger partial charge >= 0.3 is 0 Å². The quantitative estimate of drug-likeness (QED) is 0.758. The SMILES string of the molecule is Cc1c(Cl)cncc1-c1cn2nc(C3CC3)nc2c(C(N)=O)c1N. The van der Waals surface area contributed by atoms with Crippen LogP contribution in [0.15, 0.2) is 18.6 Å². The molecular formula is C16H15ClN6O. The van der Waals surface area contributed by atoms with E-state index >= 15 is 0 Å². The number of nitrogen functional groups attached to an aromatic ring is 1. The highest BCUT2D eigenvalue weighted by Gasteiger charge is 2.30. The number of carbonyl (C=O) groups excluding carboxylic acids is 1. The zero-order chi connectivity index (χ0) is 17.0. The number of anilines is 1. The van der Waals surface area contributed by atoms with E-state index < -0.39 is 5.91 Å². The van der Waals surface area contributed by atoms with E-state index in [1.54, 1.807) is 23.1 Å². The summed E-state index contributed by atoms with van der Waals surface area (Å²) in [7, 11) is 0. The van der Waals surface area contributed by atoms with Crippen molar-refractivity contribution in [1.82, 2.24) is 19.6 Å². The van der Waals surface area contributed by atoms with Gasteiger partial charge in [-0.05, 0) is 25.3 Å². The lowest BCUT2D eigenvalue weighted by atomic mass is 10.0. The highest BCUT2D eigenvalue weighted by Crippen LogP contribution is 2.39. The Morgan fingerprint density at radius 3 is 2.75 bits per heavy atom. The zero-order valence-corrected chi connectivity index (χ0v) is 13.7. The molecule has 3 heterocycles. The summed E-state index contributed by atoms with van der Waals surface area (Å²) in [5.74, 6) is 0.432. The fourth-order valence-corrected chi connectivity index (χ4v) is 2.95. The number of carbonyl (C=O) groups is 1. The molecule has 0 spiro atoms. The smallest absolute Gasteiger partial charge is 0.254 e. The highest BCUT2D eigenvalue weighted by molar-refractivity contribution is 6.31. The Labute approximate surface area is 142 Å². The average molecular weight is 343 g/mol. The van der Waals surface area contributed by atoms with Gasteiger partial charge in [0.1, 0.15) is 5.56 Å². The molecule has 1 amide bonds. The van der Waals surface area contributed by atoms with Crippen LogP contribution in [0.25, 0.3) is 16.8 Å². The molecule has 0 radical (unpaired) electrons. The van der Waals surface area contributed by atoms with Crippen LogP contribution in [-0.4, -0.2) is 25.5 Å². The Morgan fingerprint density at radius 2 is 2.08 bits per heavy atom. The molecule has 1 fully saturated rings. The molecule has 1 aliphatic carbocycles. The molecule has 0 unspecified atom stereocenters. The lowest BCUT2D eigenvalue weighted by Crippen LogP contribution is -2.16. The number of halogens is 1. The molecule has 0 saturated heterocycles. The third kappa shape index (κ3) is 2.20. The standard InChI is InChI=1S/C16H15ClN6O/c1-7-9(4-20-5-11(7)17)10-6-23-16(12(13(10)18)14(19)24)21-15(22-23)8-2-3-8/h4-6,8H,2-3,18H2,1H3,(H2,19,24). The maximum atomic E-state index is 12.0. The van der Waals surface area contributed by atoms with Crippen molar-refractivity contribution in [3.8, 4) is 11.1 Å². The third-order valence-electron chi connectivity index (χ3n) is 4.31. The van der Waals surface area contributed by atoms with E-state index in [1.165, 1.54) is 0 Å². The highest BCUT2D eigenvalue weighted by atomic mass is 35.5. The largest absolute Gasteiger partial charge is 0.397 e. The van der Waals surface area contributed by atoms with Crippen molar-refractivity contribution in [2.45, 2.75) is 25.7 Å². The van der Waals surface area contributed by atoms with Gasteiger partial charge in [0.05, 0.1) is 10.7 Å². The van der Waals surface area contributed by atoms with E-state index in [1.807, 2.05) is 6.92 Å². The van der Waals surface area contributed by atoms with Crippen molar-refractivity contribution >= 4 is 28.8 Å². The van der Waals surface area contributed by atoms with Gasteiger partial charge in [-0.3, -0.25) is 9.78 Å². The van der Waals surface area contributed by atoms with Crippen molar-refractivity contribution in [3.63, 3.8) is 0 Å². The number of rotatable bonds is 3. The number of nitrogens with zero attached hydrogens (tertiary/aromatic N) is 4. The summed E-state index contributed by atoms with van der Waals surface area (Å²) < 4.78 is 1.57. The molecule has 0 aliphatic heterocycles. The topological polar surface area (TPSA) is 112 Å². The predicted octanol–water partition coefficient (Wildman–Crippen LogP) is 2.31. The number of pyridine rings is 2. The number of aromatic nitrogens is 4. The van der Waals surface area contributed by atoms with Gasteiger partial charge in [-0.2, -0.15) is 5.10 Å². The second kappa shape index (κ2) is 5.17.